The number of carboxylic acid groups (broad SMARTS) is 1. The number of nitrogens with zero attached hydrogens (tertiary/aromatic N) is 2. The maximum Gasteiger partial charge on any atom is 1.00 e. The van der Waals surface area contributed by atoms with Gasteiger partial charge in [0.2, 0.25) is 0 Å². The molecule has 1 fully saturated rings. The van der Waals surface area contributed by atoms with Crippen molar-refractivity contribution in [1.82, 2.24) is 9.78 Å². The maximum atomic E-state index is 12.7. The van der Waals surface area contributed by atoms with Crippen molar-refractivity contribution >= 4 is 17.9 Å². The number of anilines is 1. The molecule has 0 bridgehead atoms. The summed E-state index contributed by atoms with van der Waals surface area (Å²) in [6.45, 7) is 4.38. The van der Waals surface area contributed by atoms with Crippen molar-refractivity contribution in [2.45, 2.75) is 52.2 Å². The van der Waals surface area contributed by atoms with Crippen molar-refractivity contribution < 1.29 is 49.0 Å². The number of nitrogens with one attached hydrogen (secondary N) is 1. The van der Waals surface area contributed by atoms with Crippen molar-refractivity contribution in [3.63, 3.8) is 0 Å². The molecule has 0 radical (unpaired) electrons. The van der Waals surface area contributed by atoms with Gasteiger partial charge in [-0.25, -0.2) is 9.48 Å². The second-order valence-corrected chi connectivity index (χ2v) is 9.33. The molecule has 5 rings (SSSR count). The van der Waals surface area contributed by atoms with E-state index in [-0.39, 0.29) is 37.0 Å². The van der Waals surface area contributed by atoms with Crippen LogP contribution in [-0.2, 0) is 21.5 Å². The van der Waals surface area contributed by atoms with Crippen molar-refractivity contribution in [3.8, 4) is 22.3 Å². The molecule has 1 amide bonds. The third-order valence-electron chi connectivity index (χ3n) is 7.02. The Kier molecular flexibility index (Phi) is 9.78. The number of ether oxygens (including phenoxy) is 1. The molecular formula is C31H32N3NaO4. The summed E-state index contributed by atoms with van der Waals surface area (Å²) in [6, 6.07) is 25.2. The third kappa shape index (κ3) is 6.27. The van der Waals surface area contributed by atoms with Crippen LogP contribution in [0.2, 0.25) is 0 Å². The van der Waals surface area contributed by atoms with E-state index >= 15 is 0 Å². The molecule has 4 aromatic rings. The van der Waals surface area contributed by atoms with Crippen LogP contribution in [0.1, 0.15) is 51.3 Å². The minimum absolute atomic E-state index is 0. The summed E-state index contributed by atoms with van der Waals surface area (Å²) in [4.78, 5) is 24.2. The third-order valence-corrected chi connectivity index (χ3v) is 7.02. The van der Waals surface area contributed by atoms with Gasteiger partial charge in [0.1, 0.15) is 11.9 Å². The summed E-state index contributed by atoms with van der Waals surface area (Å²) < 4.78 is 7.32. The Morgan fingerprint density at radius 1 is 0.974 bits per heavy atom. The van der Waals surface area contributed by atoms with E-state index in [4.69, 9.17) is 4.74 Å². The fourth-order valence-corrected chi connectivity index (χ4v) is 4.61. The molecule has 1 heterocycles. The molecule has 0 saturated heterocycles. The van der Waals surface area contributed by atoms with Gasteiger partial charge in [-0.05, 0) is 54.5 Å². The molecule has 7 nitrogen and oxygen atoms in total. The topological polar surface area (TPSA) is 96.3 Å². The van der Waals surface area contributed by atoms with Gasteiger partial charge in [0, 0.05) is 17.5 Å². The predicted molar refractivity (Wildman–Crippen MR) is 146 cm³/mol. The van der Waals surface area contributed by atoms with Crippen LogP contribution in [0.15, 0.2) is 85.1 Å². The predicted octanol–water partition coefficient (Wildman–Crippen LogP) is 2.97. The van der Waals surface area contributed by atoms with Crippen LogP contribution < -0.4 is 40.0 Å². The van der Waals surface area contributed by atoms with Crippen LogP contribution in [0.25, 0.3) is 22.3 Å². The van der Waals surface area contributed by atoms with Crippen LogP contribution in [0.3, 0.4) is 0 Å². The summed E-state index contributed by atoms with van der Waals surface area (Å²) in [5.41, 5.74) is 4.58. The zero-order valence-electron chi connectivity index (χ0n) is 21.8. The molecule has 196 valence electrons. The smallest absolute Gasteiger partial charge is 0.549 e. The molecule has 39 heavy (non-hydrogen) atoms. The summed E-state index contributed by atoms with van der Waals surface area (Å²) in [7, 11) is 0. The number of hydrogen-bond acceptors (Lipinski definition) is 5. The number of benzene rings is 3. The van der Waals surface area contributed by atoms with Crippen molar-refractivity contribution in [2.75, 3.05) is 5.32 Å². The fourth-order valence-electron chi connectivity index (χ4n) is 4.61. The van der Waals surface area contributed by atoms with Gasteiger partial charge in [0.15, 0.2) is 0 Å². The molecule has 0 aliphatic heterocycles. The van der Waals surface area contributed by atoms with Crippen molar-refractivity contribution in [1.29, 1.82) is 0 Å². The number of hydrogen-bond donors (Lipinski definition) is 1. The quantitative estimate of drug-likeness (QED) is 0.352. The normalized spacial score (nSPS) is 13.8. The van der Waals surface area contributed by atoms with Gasteiger partial charge < -0.3 is 14.6 Å². The summed E-state index contributed by atoms with van der Waals surface area (Å²) in [5.74, 6) is -0.429. The second kappa shape index (κ2) is 12.6. The molecule has 8 heteroatoms. The Morgan fingerprint density at radius 2 is 1.54 bits per heavy atom. The van der Waals surface area contributed by atoms with Crippen LogP contribution in [-0.4, -0.2) is 21.8 Å². The van der Waals surface area contributed by atoms with Crippen molar-refractivity contribution in [2.24, 2.45) is 0 Å². The van der Waals surface area contributed by atoms with Crippen LogP contribution >= 0.6 is 0 Å². The Hall–Kier alpha value is -3.39. The number of carbonyl (C=O) groups excluding carboxylic acids is 2. The van der Waals surface area contributed by atoms with Gasteiger partial charge in [0.25, 0.3) is 0 Å². The molecule has 0 unspecified atom stereocenters. The number of amides is 1. The molecule has 1 aliphatic rings. The van der Waals surface area contributed by atoms with Crippen LogP contribution in [0, 0.1) is 0 Å². The molecule has 3 aromatic carbocycles. The molecule has 1 saturated carbocycles. The Labute approximate surface area is 251 Å². The van der Waals surface area contributed by atoms with E-state index in [1.54, 1.807) is 10.9 Å². The summed E-state index contributed by atoms with van der Waals surface area (Å²) in [5, 5.41) is 18.8. The molecule has 1 atom stereocenters. The number of aromatic nitrogens is 2. The summed E-state index contributed by atoms with van der Waals surface area (Å²) in [6.07, 6.45) is 2.05. The number of carbonyl (C=O) groups is 2. The fraction of sp³-hybridized carbons (Fsp3) is 0.258. The van der Waals surface area contributed by atoms with Crippen LogP contribution in [0.4, 0.5) is 10.6 Å². The van der Waals surface area contributed by atoms with E-state index in [0.29, 0.717) is 25.2 Å². The average Bonchev–Trinajstić information content (AvgIpc) is 3.65. The first-order valence-corrected chi connectivity index (χ1v) is 12.4. The average molecular weight is 534 g/mol. The Balaban J connectivity index is 0.00000210. The number of rotatable bonds is 8. The standard InChI is InChI=1S/C30H29N3O4.CH4.Na/c1-3-33-27(32-29(36)37-20(2)21-7-5-4-6-8-21)26(19-31-33)24-11-9-22(10-12-24)23-13-15-25(16-14-23)30(17-18-30)28(34)35;;/h4-16,19-20H,3,17-18H2,1-2H3,(H,32,36)(H,34,35);1H4;/q;;+1/p-1/t20-;;/m1../s1. The number of carboxylic acids is 1. The van der Waals surface area contributed by atoms with E-state index in [0.717, 1.165) is 33.4 Å². The zero-order valence-corrected chi connectivity index (χ0v) is 23.8. The van der Waals surface area contributed by atoms with Gasteiger partial charge >= 0.3 is 35.7 Å². The maximum absolute atomic E-state index is 12.7. The second-order valence-electron chi connectivity index (χ2n) is 9.33. The molecule has 1 aromatic heterocycles. The monoisotopic (exact) mass is 533 g/mol. The first-order chi connectivity index (χ1) is 17.9. The van der Waals surface area contributed by atoms with E-state index in [1.165, 1.54) is 0 Å². The number of aliphatic carboxylic acids is 1. The molecular weight excluding hydrogens is 501 g/mol. The Bertz CT molecular complexity index is 1410. The minimum atomic E-state index is -1.000. The van der Waals surface area contributed by atoms with Gasteiger partial charge in [-0.1, -0.05) is 86.3 Å². The number of aryl methyl sites for hydroxylation is 1. The van der Waals surface area contributed by atoms with Gasteiger partial charge in [0.05, 0.1) is 12.2 Å². The zero-order chi connectivity index (χ0) is 26.0. The summed E-state index contributed by atoms with van der Waals surface area (Å²) >= 11 is 0. The van der Waals surface area contributed by atoms with Crippen molar-refractivity contribution in [3.05, 3.63) is 96.2 Å². The molecule has 1 aliphatic carbocycles. The van der Waals surface area contributed by atoms with Gasteiger partial charge in [-0.15, -0.1) is 0 Å². The Morgan fingerprint density at radius 3 is 2.08 bits per heavy atom. The first-order valence-electron chi connectivity index (χ1n) is 12.4. The SMILES string of the molecule is C.CCn1ncc(-c2ccc(-c3ccc(C4(C(=O)[O-])CC4)cc3)cc2)c1NC(=O)O[C@H](C)c1ccccc1.[Na+]. The first kappa shape index (κ1) is 30.2. The van der Waals surface area contributed by atoms with E-state index < -0.39 is 23.6 Å². The largest absolute Gasteiger partial charge is 1.00 e. The van der Waals surface area contributed by atoms with E-state index in [2.05, 4.69) is 10.4 Å². The van der Waals surface area contributed by atoms with Gasteiger partial charge in [-0.2, -0.15) is 5.10 Å². The van der Waals surface area contributed by atoms with E-state index in [9.17, 15) is 14.7 Å². The van der Waals surface area contributed by atoms with E-state index in [1.807, 2.05) is 92.7 Å². The molecule has 0 spiro atoms. The van der Waals surface area contributed by atoms with Gasteiger partial charge in [-0.3, -0.25) is 5.32 Å². The minimum Gasteiger partial charge on any atom is -0.549 e. The van der Waals surface area contributed by atoms with Crippen LogP contribution in [0.5, 0.6) is 0 Å². The molecule has 1 N–H and O–H groups in total.